The molecule has 2 N–H and O–H groups in total. The van der Waals surface area contributed by atoms with Crippen LogP contribution in [0.2, 0.25) is 0 Å². The molecule has 0 aromatic carbocycles. The lowest BCUT2D eigenvalue weighted by Crippen LogP contribution is -1.97. The summed E-state index contributed by atoms with van der Waals surface area (Å²) in [5.41, 5.74) is 0. The van der Waals surface area contributed by atoms with E-state index in [0.29, 0.717) is 12.9 Å². The van der Waals surface area contributed by atoms with E-state index in [0.717, 1.165) is 6.29 Å². The van der Waals surface area contributed by atoms with Crippen LogP contribution in [0.5, 0.6) is 0 Å². The normalized spacial score (nSPS) is 43.7. The molecule has 0 aromatic heterocycles. The van der Waals surface area contributed by atoms with Gasteiger partial charge in [0.05, 0.1) is 6.61 Å². The fourth-order valence-electron chi connectivity index (χ4n) is 0.521. The number of rotatable bonds is 2. The zero-order chi connectivity index (χ0) is 7.90. The van der Waals surface area contributed by atoms with Gasteiger partial charge in [-0.15, -0.1) is 0 Å². The van der Waals surface area contributed by atoms with Crippen LogP contribution < -0.4 is 0 Å². The molecule has 0 saturated carbocycles. The lowest BCUT2D eigenvalue weighted by Gasteiger charge is -1.81. The molecule has 3 heterocycles. The Hall–Kier alpha value is -0.820. The first kappa shape index (κ1) is 9.27. The van der Waals surface area contributed by atoms with Crippen LogP contribution in [0.25, 0.3) is 0 Å². The van der Waals surface area contributed by atoms with E-state index in [2.05, 4.69) is 14.2 Å². The third-order valence-corrected chi connectivity index (χ3v) is 1.47. The van der Waals surface area contributed by atoms with E-state index in [-0.39, 0.29) is 17.9 Å². The van der Waals surface area contributed by atoms with Crippen LogP contribution in [-0.2, 0) is 23.8 Å². The summed E-state index contributed by atoms with van der Waals surface area (Å²) in [5.74, 6) is -0.722. The van der Waals surface area contributed by atoms with Crippen molar-refractivity contribution in [2.24, 2.45) is 0 Å². The molecular formula is C6H8O6. The van der Waals surface area contributed by atoms with Crippen molar-refractivity contribution in [3.8, 4) is 0 Å². The molecule has 12 heavy (non-hydrogen) atoms. The second kappa shape index (κ2) is 2.91. The third-order valence-electron chi connectivity index (χ3n) is 1.47. The highest BCUT2D eigenvalue weighted by atomic mass is 17.0. The van der Waals surface area contributed by atoms with Crippen molar-refractivity contribution >= 4 is 12.6 Å². The molecule has 0 aliphatic carbocycles. The van der Waals surface area contributed by atoms with E-state index < -0.39 is 5.79 Å². The molecule has 0 spiro atoms. The number of hydrogen-bond donors (Lipinski definition) is 0. The van der Waals surface area contributed by atoms with Crippen molar-refractivity contribution in [1.82, 2.24) is 0 Å². The zero-order valence-electron chi connectivity index (χ0n) is 6.06. The molecule has 0 radical (unpaired) electrons. The first-order valence-corrected chi connectivity index (χ1v) is 3.19. The average Bonchev–Trinajstić information content (AvgIpc) is 2.84. The molecule has 0 aromatic rings. The second-order valence-electron chi connectivity index (χ2n) is 2.41. The summed E-state index contributed by atoms with van der Waals surface area (Å²) < 4.78 is 13.6. The van der Waals surface area contributed by atoms with Gasteiger partial charge in [0, 0.05) is 0 Å². The number of aldehydes is 2. The maximum Gasteiger partial charge on any atom is 0.283 e. The quantitative estimate of drug-likeness (QED) is 0.358. The SMILES string of the molecule is O.O=CC12OC1O2.O=CC1CO1. The van der Waals surface area contributed by atoms with Gasteiger partial charge in [0.2, 0.25) is 6.29 Å². The molecule has 3 fully saturated rings. The van der Waals surface area contributed by atoms with E-state index >= 15 is 0 Å². The maximum absolute atomic E-state index is 9.68. The summed E-state index contributed by atoms with van der Waals surface area (Å²) in [7, 11) is 0. The third kappa shape index (κ3) is 1.67. The van der Waals surface area contributed by atoms with Crippen LogP contribution >= 0.6 is 0 Å². The molecular weight excluding hydrogens is 168 g/mol. The van der Waals surface area contributed by atoms with Gasteiger partial charge in [-0.3, -0.25) is 4.79 Å². The van der Waals surface area contributed by atoms with Gasteiger partial charge >= 0.3 is 0 Å². The van der Waals surface area contributed by atoms with Crippen LogP contribution in [-0.4, -0.2) is 42.8 Å². The number of carbonyl (C=O) groups is 2. The zero-order valence-corrected chi connectivity index (χ0v) is 6.06. The van der Waals surface area contributed by atoms with Gasteiger partial charge in [-0.05, 0) is 0 Å². The number of epoxide rings is 3. The molecule has 6 nitrogen and oxygen atoms in total. The Morgan fingerprint density at radius 3 is 1.83 bits per heavy atom. The van der Waals surface area contributed by atoms with Crippen LogP contribution in [0, 0.1) is 0 Å². The van der Waals surface area contributed by atoms with Gasteiger partial charge in [-0.2, -0.15) is 0 Å². The van der Waals surface area contributed by atoms with Crippen LogP contribution in [0.4, 0.5) is 0 Å². The van der Waals surface area contributed by atoms with Crippen molar-refractivity contribution in [1.29, 1.82) is 0 Å². The highest BCUT2D eigenvalue weighted by Crippen LogP contribution is 2.53. The minimum absolute atomic E-state index is 0. The Morgan fingerprint density at radius 2 is 1.83 bits per heavy atom. The Balaban J connectivity index is 0.000000113. The average molecular weight is 176 g/mol. The van der Waals surface area contributed by atoms with Gasteiger partial charge in [-0.1, -0.05) is 0 Å². The van der Waals surface area contributed by atoms with Gasteiger partial charge in [0.15, 0.2) is 12.6 Å². The summed E-state index contributed by atoms with van der Waals surface area (Å²) in [6.07, 6.45) is 1.28. The minimum Gasteiger partial charge on any atom is -0.412 e. The van der Waals surface area contributed by atoms with E-state index in [4.69, 9.17) is 0 Å². The fraction of sp³-hybridized carbons (Fsp3) is 0.667. The topological polar surface area (TPSA) is 103 Å². The largest absolute Gasteiger partial charge is 0.412 e. The van der Waals surface area contributed by atoms with Gasteiger partial charge in [0.25, 0.3) is 5.79 Å². The first-order chi connectivity index (χ1) is 5.30. The van der Waals surface area contributed by atoms with E-state index in [1.165, 1.54) is 0 Å². The lowest BCUT2D eigenvalue weighted by molar-refractivity contribution is -0.126. The smallest absolute Gasteiger partial charge is 0.283 e. The first-order valence-electron chi connectivity index (χ1n) is 3.19. The molecule has 0 amide bonds. The lowest BCUT2D eigenvalue weighted by atomic mass is 10.5. The molecule has 1 atom stereocenters. The Bertz CT molecular complexity index is 192. The molecule has 3 aliphatic heterocycles. The van der Waals surface area contributed by atoms with E-state index in [1.54, 1.807) is 0 Å². The number of fused-ring (bicyclic) bond motifs is 1. The molecule has 3 saturated heterocycles. The molecule has 0 bridgehead atoms. The number of carbonyl (C=O) groups excluding carboxylic acids is 2. The van der Waals surface area contributed by atoms with Gasteiger partial charge in [-0.25, -0.2) is 0 Å². The van der Waals surface area contributed by atoms with Gasteiger partial charge < -0.3 is 24.5 Å². The summed E-state index contributed by atoms with van der Waals surface area (Å²) in [5, 5.41) is 0. The van der Waals surface area contributed by atoms with Crippen molar-refractivity contribution in [3.63, 3.8) is 0 Å². The Morgan fingerprint density at radius 1 is 1.33 bits per heavy atom. The summed E-state index contributed by atoms with van der Waals surface area (Å²) in [4.78, 5) is 19.1. The van der Waals surface area contributed by atoms with E-state index in [1.807, 2.05) is 0 Å². The fourth-order valence-corrected chi connectivity index (χ4v) is 0.521. The highest BCUT2D eigenvalue weighted by Gasteiger charge is 2.78. The van der Waals surface area contributed by atoms with Crippen molar-refractivity contribution in [2.45, 2.75) is 18.2 Å². The molecule has 6 heteroatoms. The predicted octanol–water partition coefficient (Wildman–Crippen LogP) is -1.97. The standard InChI is InChI=1S/C3H2O3.C3H4O2.H2O/c4-1-3-2(5-3)6-3;4-1-3-2-5-3;/h1-2H;1,3H,2H2;1H2. The van der Waals surface area contributed by atoms with Crippen molar-refractivity contribution < 1.29 is 29.3 Å². The van der Waals surface area contributed by atoms with Crippen LogP contribution in [0.15, 0.2) is 0 Å². The molecule has 3 aliphatic rings. The Labute approximate surface area is 67.7 Å². The number of ether oxygens (including phenoxy) is 3. The Kier molecular flexibility index (Phi) is 2.25. The maximum atomic E-state index is 9.68. The second-order valence-corrected chi connectivity index (χ2v) is 2.41. The summed E-state index contributed by atoms with van der Waals surface area (Å²) in [6, 6.07) is 0. The molecule has 68 valence electrons. The van der Waals surface area contributed by atoms with Crippen LogP contribution in [0.1, 0.15) is 0 Å². The van der Waals surface area contributed by atoms with Crippen molar-refractivity contribution in [2.75, 3.05) is 6.61 Å². The monoisotopic (exact) mass is 176 g/mol. The van der Waals surface area contributed by atoms with Crippen LogP contribution in [0.3, 0.4) is 0 Å². The predicted molar refractivity (Wildman–Crippen MR) is 34.2 cm³/mol. The number of hydrogen-bond acceptors (Lipinski definition) is 5. The molecule has 3 rings (SSSR count). The minimum atomic E-state index is -0.722. The highest BCUT2D eigenvalue weighted by molar-refractivity contribution is 5.68. The van der Waals surface area contributed by atoms with E-state index in [9.17, 15) is 9.59 Å². The summed E-state index contributed by atoms with van der Waals surface area (Å²) >= 11 is 0. The molecule has 1 unspecified atom stereocenters. The van der Waals surface area contributed by atoms with Gasteiger partial charge in [0.1, 0.15) is 6.10 Å². The summed E-state index contributed by atoms with van der Waals surface area (Å²) in [6.45, 7) is 0.642. The van der Waals surface area contributed by atoms with Crippen molar-refractivity contribution in [3.05, 3.63) is 0 Å².